The summed E-state index contributed by atoms with van der Waals surface area (Å²) in [6.07, 6.45) is 1.93. The lowest BCUT2D eigenvalue weighted by Gasteiger charge is -2.32. The molecule has 1 unspecified atom stereocenters. The van der Waals surface area contributed by atoms with Gasteiger partial charge in [0.1, 0.15) is 0 Å². The molecule has 2 rings (SSSR count). The molecule has 1 saturated heterocycles. The molecule has 0 amide bonds. The number of nitrogens with one attached hydrogen (secondary N) is 2. The molecule has 1 aliphatic rings. The zero-order chi connectivity index (χ0) is 15.5. The van der Waals surface area contributed by atoms with Crippen LogP contribution in [0.5, 0.6) is 0 Å². The van der Waals surface area contributed by atoms with Crippen molar-refractivity contribution in [1.29, 1.82) is 0 Å². The predicted molar refractivity (Wildman–Crippen MR) is 89.9 cm³/mol. The second-order valence-corrected chi connectivity index (χ2v) is 8.12. The van der Waals surface area contributed by atoms with Gasteiger partial charge in [-0.25, -0.2) is 0 Å². The Morgan fingerprint density at radius 2 is 2.24 bits per heavy atom. The van der Waals surface area contributed by atoms with Crippen LogP contribution in [0, 0.1) is 5.92 Å². The van der Waals surface area contributed by atoms with Crippen molar-refractivity contribution in [1.82, 2.24) is 9.62 Å². The Labute approximate surface area is 139 Å². The fraction of sp³-hybridized carbons (Fsp3) is 0.538. The van der Waals surface area contributed by atoms with Crippen LogP contribution in [0.3, 0.4) is 0 Å². The number of hydrogen-bond donors (Lipinski definition) is 2. The lowest BCUT2D eigenvalue weighted by molar-refractivity contribution is 0.264. The maximum absolute atomic E-state index is 12.5. The first-order chi connectivity index (χ1) is 9.92. The quantitative estimate of drug-likeness (QED) is 0.804. The number of piperidine rings is 1. The summed E-state index contributed by atoms with van der Waals surface area (Å²) >= 11 is 9.25. The van der Waals surface area contributed by atoms with Gasteiger partial charge < -0.3 is 5.32 Å². The Balaban J connectivity index is 2.12. The zero-order valence-electron chi connectivity index (χ0n) is 11.8. The van der Waals surface area contributed by atoms with Crippen LogP contribution in [-0.4, -0.2) is 39.4 Å². The largest absolute Gasteiger partial charge is 0.319 e. The van der Waals surface area contributed by atoms with Crippen molar-refractivity contribution in [2.24, 2.45) is 5.92 Å². The minimum Gasteiger partial charge on any atom is -0.319 e. The fourth-order valence-electron chi connectivity index (χ4n) is 2.48. The number of anilines is 1. The summed E-state index contributed by atoms with van der Waals surface area (Å²) in [6.45, 7) is 1.91. The highest BCUT2D eigenvalue weighted by atomic mass is 79.9. The van der Waals surface area contributed by atoms with Gasteiger partial charge in [0.25, 0.3) is 0 Å². The third-order valence-corrected chi connectivity index (χ3v) is 5.90. The average Bonchev–Trinajstić information content (AvgIpc) is 2.43. The summed E-state index contributed by atoms with van der Waals surface area (Å²) < 4.78 is 29.8. The van der Waals surface area contributed by atoms with E-state index in [0.29, 0.717) is 34.2 Å². The first-order valence-corrected chi connectivity index (χ1v) is 9.41. The van der Waals surface area contributed by atoms with Gasteiger partial charge in [0.2, 0.25) is 0 Å². The number of benzene rings is 1. The number of hydrogen-bond acceptors (Lipinski definition) is 3. The lowest BCUT2D eigenvalue weighted by Crippen LogP contribution is -2.44. The Hall–Kier alpha value is -0.340. The normalized spacial score (nSPS) is 20.4. The Morgan fingerprint density at radius 3 is 2.95 bits per heavy atom. The maximum atomic E-state index is 12.5. The van der Waals surface area contributed by atoms with E-state index in [1.807, 2.05) is 7.05 Å². The molecule has 1 fully saturated rings. The van der Waals surface area contributed by atoms with Crippen LogP contribution in [0.4, 0.5) is 5.69 Å². The van der Waals surface area contributed by atoms with Crippen LogP contribution in [-0.2, 0) is 10.2 Å². The molecule has 5 nitrogen and oxygen atoms in total. The standard InChI is InChI=1S/C13H19BrClN3O2S/c1-16-8-10-3-2-6-18(9-10)21(19,20)17-13-7-11(15)4-5-12(13)14/h4-5,7,10,16-17H,2-3,6,8-9H2,1H3. The Kier molecular flexibility index (Phi) is 5.90. The van der Waals surface area contributed by atoms with E-state index < -0.39 is 10.2 Å². The van der Waals surface area contributed by atoms with Gasteiger partial charge in [-0.3, -0.25) is 4.72 Å². The molecule has 1 aromatic rings. The molecule has 1 atom stereocenters. The van der Waals surface area contributed by atoms with Gasteiger partial charge in [-0.15, -0.1) is 0 Å². The molecule has 8 heteroatoms. The molecular weight excluding hydrogens is 378 g/mol. The van der Waals surface area contributed by atoms with Crippen LogP contribution >= 0.6 is 27.5 Å². The average molecular weight is 397 g/mol. The molecule has 1 aromatic carbocycles. The van der Waals surface area contributed by atoms with Crippen LogP contribution < -0.4 is 10.0 Å². The van der Waals surface area contributed by atoms with Crippen molar-refractivity contribution < 1.29 is 8.42 Å². The van der Waals surface area contributed by atoms with E-state index in [1.165, 1.54) is 4.31 Å². The highest BCUT2D eigenvalue weighted by Crippen LogP contribution is 2.28. The number of nitrogens with zero attached hydrogens (tertiary/aromatic N) is 1. The van der Waals surface area contributed by atoms with Crippen molar-refractivity contribution in [2.45, 2.75) is 12.8 Å². The smallest absolute Gasteiger partial charge is 0.301 e. The van der Waals surface area contributed by atoms with Gasteiger partial charge in [0, 0.05) is 22.6 Å². The van der Waals surface area contributed by atoms with E-state index >= 15 is 0 Å². The summed E-state index contributed by atoms with van der Waals surface area (Å²) in [7, 11) is -1.68. The van der Waals surface area contributed by atoms with Gasteiger partial charge in [-0.2, -0.15) is 12.7 Å². The van der Waals surface area contributed by atoms with E-state index in [2.05, 4.69) is 26.0 Å². The van der Waals surface area contributed by atoms with E-state index in [9.17, 15) is 8.42 Å². The summed E-state index contributed by atoms with van der Waals surface area (Å²) in [5.41, 5.74) is 0.457. The Morgan fingerprint density at radius 1 is 1.48 bits per heavy atom. The minimum absolute atomic E-state index is 0.350. The van der Waals surface area contributed by atoms with Gasteiger partial charge in [0.05, 0.1) is 5.69 Å². The number of rotatable bonds is 5. The van der Waals surface area contributed by atoms with Crippen LogP contribution in [0.25, 0.3) is 0 Å². The molecule has 0 aromatic heterocycles. The third kappa shape index (κ3) is 4.56. The second-order valence-electron chi connectivity index (χ2n) is 5.16. The molecule has 0 spiro atoms. The van der Waals surface area contributed by atoms with Crippen molar-refractivity contribution >= 4 is 43.4 Å². The second kappa shape index (κ2) is 7.28. The molecule has 1 aliphatic heterocycles. The van der Waals surface area contributed by atoms with Gasteiger partial charge >= 0.3 is 10.2 Å². The van der Waals surface area contributed by atoms with E-state index in [-0.39, 0.29) is 0 Å². The van der Waals surface area contributed by atoms with E-state index in [4.69, 9.17) is 11.6 Å². The minimum atomic E-state index is -3.56. The Bertz CT molecular complexity index is 595. The highest BCUT2D eigenvalue weighted by molar-refractivity contribution is 9.10. The molecule has 0 radical (unpaired) electrons. The SMILES string of the molecule is CNCC1CCCN(S(=O)(=O)Nc2cc(Cl)ccc2Br)C1. The van der Waals surface area contributed by atoms with E-state index in [1.54, 1.807) is 18.2 Å². The van der Waals surface area contributed by atoms with Crippen LogP contribution in [0.1, 0.15) is 12.8 Å². The molecule has 0 saturated carbocycles. The molecule has 0 aliphatic carbocycles. The summed E-state index contributed by atoms with van der Waals surface area (Å²) in [6, 6.07) is 5.02. The fourth-order valence-corrected chi connectivity index (χ4v) is 4.48. The number of halogens is 2. The van der Waals surface area contributed by atoms with Gasteiger partial charge in [-0.05, 0) is 66.5 Å². The molecule has 1 heterocycles. The maximum Gasteiger partial charge on any atom is 0.301 e. The summed E-state index contributed by atoms with van der Waals surface area (Å²) in [5.74, 6) is 0.350. The molecule has 21 heavy (non-hydrogen) atoms. The van der Waals surface area contributed by atoms with Crippen molar-refractivity contribution in [2.75, 3.05) is 31.4 Å². The highest BCUT2D eigenvalue weighted by Gasteiger charge is 2.29. The zero-order valence-corrected chi connectivity index (χ0v) is 14.9. The van der Waals surface area contributed by atoms with Crippen LogP contribution in [0.2, 0.25) is 5.02 Å². The van der Waals surface area contributed by atoms with Gasteiger partial charge in [-0.1, -0.05) is 11.6 Å². The topological polar surface area (TPSA) is 61.4 Å². The third-order valence-electron chi connectivity index (χ3n) is 3.48. The van der Waals surface area contributed by atoms with Crippen LogP contribution in [0.15, 0.2) is 22.7 Å². The van der Waals surface area contributed by atoms with Crippen molar-refractivity contribution in [3.05, 3.63) is 27.7 Å². The van der Waals surface area contributed by atoms with E-state index in [0.717, 1.165) is 19.4 Å². The van der Waals surface area contributed by atoms with Crippen molar-refractivity contribution in [3.8, 4) is 0 Å². The summed E-state index contributed by atoms with van der Waals surface area (Å²) in [5, 5.41) is 3.60. The monoisotopic (exact) mass is 395 g/mol. The predicted octanol–water partition coefficient (Wildman–Crippen LogP) is 2.69. The molecular formula is C13H19BrClN3O2S. The lowest BCUT2D eigenvalue weighted by atomic mass is 10.00. The first kappa shape index (κ1) is 17.0. The first-order valence-electron chi connectivity index (χ1n) is 6.80. The van der Waals surface area contributed by atoms with Crippen molar-refractivity contribution in [3.63, 3.8) is 0 Å². The molecule has 118 valence electrons. The van der Waals surface area contributed by atoms with Gasteiger partial charge in [0.15, 0.2) is 0 Å². The molecule has 2 N–H and O–H groups in total. The summed E-state index contributed by atoms with van der Waals surface area (Å²) in [4.78, 5) is 0. The molecule has 0 bridgehead atoms.